The van der Waals surface area contributed by atoms with Gasteiger partial charge in [-0.3, -0.25) is 0 Å². The monoisotopic (exact) mass is 182 g/mol. The van der Waals surface area contributed by atoms with Gasteiger partial charge in [-0.1, -0.05) is 0 Å². The fourth-order valence-corrected chi connectivity index (χ4v) is 1.30. The second-order valence-corrected chi connectivity index (χ2v) is 3.39. The predicted octanol–water partition coefficient (Wildman–Crippen LogP) is 1.91. The number of halogens is 1. The van der Waals surface area contributed by atoms with Crippen molar-refractivity contribution in [1.29, 1.82) is 0 Å². The van der Waals surface area contributed by atoms with Gasteiger partial charge in [0, 0.05) is 25.8 Å². The Kier molecular flexibility index (Phi) is 2.88. The zero-order valence-electron chi connectivity index (χ0n) is 8.21. The molecule has 0 aromatic heterocycles. The highest BCUT2D eigenvalue weighted by Crippen LogP contribution is 2.24. The van der Waals surface area contributed by atoms with Crippen LogP contribution in [0.5, 0.6) is 0 Å². The van der Waals surface area contributed by atoms with Crippen LogP contribution >= 0.6 is 0 Å². The summed E-state index contributed by atoms with van der Waals surface area (Å²) in [6.07, 6.45) is 0. The van der Waals surface area contributed by atoms with E-state index in [1.54, 1.807) is 6.07 Å². The summed E-state index contributed by atoms with van der Waals surface area (Å²) in [5, 5.41) is 0. The average Bonchev–Trinajstić information content (AvgIpc) is 2.03. The van der Waals surface area contributed by atoms with Crippen LogP contribution in [0, 0.1) is 5.82 Å². The largest absolute Gasteiger partial charge is 0.377 e. The number of rotatable bonds is 2. The van der Waals surface area contributed by atoms with Crippen molar-refractivity contribution in [1.82, 2.24) is 0 Å². The van der Waals surface area contributed by atoms with E-state index in [1.165, 1.54) is 12.1 Å². The van der Waals surface area contributed by atoms with E-state index in [0.29, 0.717) is 0 Å². The highest BCUT2D eigenvalue weighted by Gasteiger charge is 2.09. The molecule has 13 heavy (non-hydrogen) atoms. The van der Waals surface area contributed by atoms with Gasteiger partial charge < -0.3 is 10.6 Å². The highest BCUT2D eigenvalue weighted by molar-refractivity contribution is 5.53. The maximum absolute atomic E-state index is 12.9. The molecule has 0 saturated carbocycles. The molecule has 0 aliphatic rings. The van der Waals surface area contributed by atoms with Gasteiger partial charge in [0.15, 0.2) is 0 Å². The summed E-state index contributed by atoms with van der Waals surface area (Å²) in [7, 11) is 3.83. The fourth-order valence-electron chi connectivity index (χ4n) is 1.30. The van der Waals surface area contributed by atoms with Crippen LogP contribution in [0.3, 0.4) is 0 Å². The third-order valence-corrected chi connectivity index (χ3v) is 1.96. The van der Waals surface area contributed by atoms with E-state index in [9.17, 15) is 4.39 Å². The van der Waals surface area contributed by atoms with Crippen LogP contribution in [0.4, 0.5) is 10.1 Å². The SMILES string of the molecule is CC(N)c1cc(F)ccc1N(C)C. The lowest BCUT2D eigenvalue weighted by Gasteiger charge is -2.19. The third kappa shape index (κ3) is 2.18. The quantitative estimate of drug-likeness (QED) is 0.757. The van der Waals surface area contributed by atoms with Crippen LogP contribution in [0.15, 0.2) is 18.2 Å². The predicted molar refractivity (Wildman–Crippen MR) is 53.3 cm³/mol. The molecule has 2 N–H and O–H groups in total. The summed E-state index contributed by atoms with van der Waals surface area (Å²) < 4.78 is 12.9. The van der Waals surface area contributed by atoms with Crippen LogP contribution in [0.1, 0.15) is 18.5 Å². The number of hydrogen-bond donors (Lipinski definition) is 1. The Morgan fingerprint density at radius 1 is 1.38 bits per heavy atom. The Morgan fingerprint density at radius 2 is 2.00 bits per heavy atom. The smallest absolute Gasteiger partial charge is 0.123 e. The molecule has 0 amide bonds. The Hall–Kier alpha value is -1.09. The van der Waals surface area contributed by atoms with Gasteiger partial charge in [-0.2, -0.15) is 0 Å². The molecule has 1 atom stereocenters. The van der Waals surface area contributed by atoms with Gasteiger partial charge in [-0.05, 0) is 30.7 Å². The molecule has 1 aromatic carbocycles. The van der Waals surface area contributed by atoms with Crippen molar-refractivity contribution < 1.29 is 4.39 Å². The minimum absolute atomic E-state index is 0.145. The lowest BCUT2D eigenvalue weighted by molar-refractivity contribution is 0.622. The fraction of sp³-hybridized carbons (Fsp3) is 0.400. The normalized spacial score (nSPS) is 12.7. The van der Waals surface area contributed by atoms with Crippen LogP contribution in [0.2, 0.25) is 0 Å². The van der Waals surface area contributed by atoms with E-state index in [-0.39, 0.29) is 11.9 Å². The molecule has 72 valence electrons. The topological polar surface area (TPSA) is 29.3 Å². The third-order valence-electron chi connectivity index (χ3n) is 1.96. The van der Waals surface area contributed by atoms with Crippen molar-refractivity contribution in [2.45, 2.75) is 13.0 Å². The average molecular weight is 182 g/mol. The van der Waals surface area contributed by atoms with Crippen molar-refractivity contribution in [2.75, 3.05) is 19.0 Å². The molecule has 0 spiro atoms. The Labute approximate surface area is 78.2 Å². The molecule has 0 fully saturated rings. The molecular weight excluding hydrogens is 167 g/mol. The molecule has 0 aliphatic heterocycles. The first-order valence-electron chi connectivity index (χ1n) is 4.24. The van der Waals surface area contributed by atoms with Gasteiger partial charge in [-0.15, -0.1) is 0 Å². The standard InChI is InChI=1S/C10H15FN2/c1-7(12)9-6-8(11)4-5-10(9)13(2)3/h4-7H,12H2,1-3H3. The van der Waals surface area contributed by atoms with Gasteiger partial charge in [0.25, 0.3) is 0 Å². The van der Waals surface area contributed by atoms with Crippen molar-refractivity contribution in [3.05, 3.63) is 29.6 Å². The molecular formula is C10H15FN2. The molecule has 0 heterocycles. The van der Waals surface area contributed by atoms with Gasteiger partial charge in [0.2, 0.25) is 0 Å². The minimum atomic E-state index is -0.238. The first-order chi connectivity index (χ1) is 6.02. The Bertz CT molecular complexity index is 295. The first kappa shape index (κ1) is 9.99. The summed E-state index contributed by atoms with van der Waals surface area (Å²) >= 11 is 0. The minimum Gasteiger partial charge on any atom is -0.377 e. The molecule has 0 bridgehead atoms. The lowest BCUT2D eigenvalue weighted by Crippen LogP contribution is -2.15. The lowest BCUT2D eigenvalue weighted by atomic mass is 10.1. The number of nitrogens with zero attached hydrogens (tertiary/aromatic N) is 1. The van der Waals surface area contributed by atoms with Crippen molar-refractivity contribution >= 4 is 5.69 Å². The molecule has 0 radical (unpaired) electrons. The van der Waals surface area contributed by atoms with Crippen molar-refractivity contribution in [3.63, 3.8) is 0 Å². The van der Waals surface area contributed by atoms with Gasteiger partial charge in [0.05, 0.1) is 0 Å². The van der Waals surface area contributed by atoms with Crippen molar-refractivity contribution in [2.24, 2.45) is 5.73 Å². The summed E-state index contributed by atoms with van der Waals surface area (Å²) in [5.41, 5.74) is 7.53. The second kappa shape index (κ2) is 3.75. The molecule has 3 heteroatoms. The maximum atomic E-state index is 12.9. The van der Waals surface area contributed by atoms with E-state index in [0.717, 1.165) is 11.3 Å². The van der Waals surface area contributed by atoms with E-state index in [4.69, 9.17) is 5.73 Å². The van der Waals surface area contributed by atoms with Crippen LogP contribution in [-0.4, -0.2) is 14.1 Å². The Morgan fingerprint density at radius 3 is 2.46 bits per heavy atom. The first-order valence-corrected chi connectivity index (χ1v) is 4.24. The summed E-state index contributed by atoms with van der Waals surface area (Å²) in [4.78, 5) is 1.93. The van der Waals surface area contributed by atoms with Gasteiger partial charge >= 0.3 is 0 Å². The maximum Gasteiger partial charge on any atom is 0.123 e. The summed E-state index contributed by atoms with van der Waals surface area (Å²) in [6.45, 7) is 1.85. The zero-order valence-corrected chi connectivity index (χ0v) is 8.21. The number of benzene rings is 1. The Balaban J connectivity index is 3.19. The van der Waals surface area contributed by atoms with E-state index in [1.807, 2.05) is 25.9 Å². The molecule has 1 unspecified atom stereocenters. The van der Waals surface area contributed by atoms with Crippen LogP contribution < -0.4 is 10.6 Å². The van der Waals surface area contributed by atoms with E-state index in [2.05, 4.69) is 0 Å². The van der Waals surface area contributed by atoms with E-state index >= 15 is 0 Å². The molecule has 1 rings (SSSR count). The van der Waals surface area contributed by atoms with Crippen molar-refractivity contribution in [3.8, 4) is 0 Å². The highest BCUT2D eigenvalue weighted by atomic mass is 19.1. The molecule has 2 nitrogen and oxygen atoms in total. The second-order valence-electron chi connectivity index (χ2n) is 3.39. The van der Waals surface area contributed by atoms with Crippen LogP contribution in [-0.2, 0) is 0 Å². The summed E-state index contributed by atoms with van der Waals surface area (Å²) in [6, 6.07) is 4.53. The van der Waals surface area contributed by atoms with Crippen LogP contribution in [0.25, 0.3) is 0 Å². The molecule has 0 aliphatic carbocycles. The molecule has 1 aromatic rings. The number of anilines is 1. The number of nitrogens with two attached hydrogens (primary N) is 1. The number of hydrogen-bond acceptors (Lipinski definition) is 2. The summed E-state index contributed by atoms with van der Waals surface area (Å²) in [5.74, 6) is -0.238. The van der Waals surface area contributed by atoms with Gasteiger partial charge in [-0.25, -0.2) is 4.39 Å². The molecule has 0 saturated heterocycles. The zero-order chi connectivity index (χ0) is 10.0. The van der Waals surface area contributed by atoms with Gasteiger partial charge in [0.1, 0.15) is 5.82 Å². The van der Waals surface area contributed by atoms with E-state index < -0.39 is 0 Å².